The van der Waals surface area contributed by atoms with Crippen LogP contribution in [0.3, 0.4) is 0 Å². The molecule has 6 fully saturated rings. The quantitative estimate of drug-likeness (QED) is 0.241. The molecule has 4 bridgehead atoms. The molecule has 5 nitrogen and oxygen atoms in total. The topological polar surface area (TPSA) is 75.6 Å². The third-order valence-electron chi connectivity index (χ3n) is 14.3. The summed E-state index contributed by atoms with van der Waals surface area (Å²) in [7, 11) is 0. The van der Waals surface area contributed by atoms with Gasteiger partial charge in [-0.25, -0.2) is 0 Å². The zero-order valence-electron chi connectivity index (χ0n) is 25.9. The van der Waals surface area contributed by atoms with E-state index in [4.69, 9.17) is 4.74 Å². The number of carboxylic acids is 1. The molecule has 7 aliphatic rings. The van der Waals surface area contributed by atoms with Gasteiger partial charge in [-0.05, 0) is 80.0 Å². The van der Waals surface area contributed by atoms with Crippen molar-refractivity contribution in [3.05, 3.63) is 11.6 Å². The predicted octanol–water partition coefficient (Wildman–Crippen LogP) is 7.19. The van der Waals surface area contributed by atoms with Crippen LogP contribution in [0.15, 0.2) is 11.6 Å². The highest BCUT2D eigenvalue weighted by Gasteiger charge is 2.86. The summed E-state index contributed by atoms with van der Waals surface area (Å²) in [5.74, 6) is 1.83. The number of allylic oxidation sites excluding steroid dienone is 1. The Balaban J connectivity index is 1.29. The van der Waals surface area contributed by atoms with Gasteiger partial charge in [-0.2, -0.15) is 0 Å². The lowest BCUT2D eigenvalue weighted by Crippen LogP contribution is -2.65. The van der Waals surface area contributed by atoms with Crippen molar-refractivity contribution >= 4 is 12.3 Å². The van der Waals surface area contributed by atoms with E-state index in [1.807, 2.05) is 0 Å². The van der Waals surface area contributed by atoms with E-state index in [2.05, 4.69) is 32.2 Å². The number of hydrogen-bond donors (Lipinski definition) is 2. The average molecular weight is 566 g/mol. The standard InChI is InChI=1S/C36H55NO4/c1-22(2)30-16-25-18-34(21-38)29-15-14-23(3)28(29)19-35(25,36(30,34)33(39)40)32-17-27(24-10-6-4-7-11-24)31(41-32)20-37-26-12-8-5-9-13-26/h16,21-29,31-32,37H,4-15,17-20H2,1-3H3,(H,39,40)/t23-,25?,27+,28-,29-,31+,32-,34?,35?,36+/m1/s1. The second-order valence-electron chi connectivity index (χ2n) is 16.1. The predicted molar refractivity (Wildman–Crippen MR) is 160 cm³/mol. The first-order valence-corrected chi connectivity index (χ1v) is 17.6. The number of carbonyl (C=O) groups is 2. The van der Waals surface area contributed by atoms with Gasteiger partial charge in [0.15, 0.2) is 0 Å². The third kappa shape index (κ3) is 3.79. The summed E-state index contributed by atoms with van der Waals surface area (Å²) in [4.78, 5) is 27.6. The average Bonchev–Trinajstić information content (AvgIpc) is 3.70. The molecule has 3 unspecified atom stereocenters. The Hall–Kier alpha value is -1.20. The SMILES string of the molecule is CC(C)C1=CC2CC3(C=O)[C@@H]4CC[C@@H](C)[C@H]4CC2([C@H]2C[C@@H](C4CCCCC4)[C@H](CNC4CCCCC4)O2)[C@]13C(=O)O. The van der Waals surface area contributed by atoms with Crippen LogP contribution in [-0.2, 0) is 14.3 Å². The molecule has 5 saturated carbocycles. The molecular formula is C36H55NO4. The van der Waals surface area contributed by atoms with Crippen molar-refractivity contribution in [3.63, 3.8) is 0 Å². The monoisotopic (exact) mass is 565 g/mol. The van der Waals surface area contributed by atoms with E-state index in [1.165, 1.54) is 70.5 Å². The lowest BCUT2D eigenvalue weighted by molar-refractivity contribution is -0.197. The van der Waals surface area contributed by atoms with E-state index in [1.54, 1.807) is 0 Å². The summed E-state index contributed by atoms with van der Waals surface area (Å²) in [5.41, 5.74) is -1.38. The van der Waals surface area contributed by atoms with Crippen LogP contribution in [0.2, 0.25) is 0 Å². The zero-order valence-corrected chi connectivity index (χ0v) is 25.9. The Labute approximate surface area is 248 Å². The summed E-state index contributed by atoms with van der Waals surface area (Å²) in [6, 6.07) is 0.594. The maximum Gasteiger partial charge on any atom is 0.315 e. The third-order valence-corrected chi connectivity index (χ3v) is 14.3. The van der Waals surface area contributed by atoms with E-state index >= 15 is 0 Å². The number of aldehydes is 1. The summed E-state index contributed by atoms with van der Waals surface area (Å²) in [6.07, 6.45) is 21.4. The van der Waals surface area contributed by atoms with E-state index < -0.39 is 22.2 Å². The van der Waals surface area contributed by atoms with Crippen LogP contribution in [0.5, 0.6) is 0 Å². The fourth-order valence-corrected chi connectivity index (χ4v) is 12.8. The number of nitrogens with one attached hydrogen (secondary N) is 1. The van der Waals surface area contributed by atoms with E-state index in [9.17, 15) is 14.7 Å². The first-order chi connectivity index (χ1) is 19.8. The number of carbonyl (C=O) groups excluding carboxylic acids is 1. The Kier molecular flexibility index (Phi) is 7.29. The van der Waals surface area contributed by atoms with Gasteiger partial charge in [-0.1, -0.05) is 90.2 Å². The highest BCUT2D eigenvalue weighted by Crippen LogP contribution is 2.84. The molecule has 5 heteroatoms. The highest BCUT2D eigenvalue weighted by atomic mass is 16.5. The number of aliphatic carboxylic acids is 1. The second kappa shape index (κ2) is 10.5. The van der Waals surface area contributed by atoms with Crippen LogP contribution in [-0.4, -0.2) is 42.2 Å². The molecule has 0 aromatic carbocycles. The molecule has 7 rings (SSSR count). The van der Waals surface area contributed by atoms with Crippen LogP contribution < -0.4 is 5.32 Å². The fourth-order valence-electron chi connectivity index (χ4n) is 12.8. The second-order valence-corrected chi connectivity index (χ2v) is 16.1. The van der Waals surface area contributed by atoms with Gasteiger partial charge in [0.1, 0.15) is 11.7 Å². The molecule has 1 heterocycles. The van der Waals surface area contributed by atoms with Gasteiger partial charge >= 0.3 is 5.97 Å². The molecule has 0 amide bonds. The molecule has 0 aromatic rings. The Morgan fingerprint density at radius 3 is 2.39 bits per heavy atom. The van der Waals surface area contributed by atoms with Gasteiger partial charge in [0.25, 0.3) is 0 Å². The number of ether oxygens (including phenoxy) is 1. The minimum absolute atomic E-state index is 0.0863. The zero-order chi connectivity index (χ0) is 28.6. The van der Waals surface area contributed by atoms with Crippen LogP contribution in [0.4, 0.5) is 0 Å². The first-order valence-electron chi connectivity index (χ1n) is 17.6. The van der Waals surface area contributed by atoms with Gasteiger partial charge in [0, 0.05) is 18.0 Å². The van der Waals surface area contributed by atoms with Crippen LogP contribution in [0.1, 0.15) is 117 Å². The van der Waals surface area contributed by atoms with Gasteiger partial charge in [0.05, 0.1) is 17.6 Å². The molecule has 41 heavy (non-hydrogen) atoms. The molecule has 1 saturated heterocycles. The minimum atomic E-state index is -1.13. The van der Waals surface area contributed by atoms with Crippen molar-refractivity contribution < 1.29 is 19.4 Å². The Morgan fingerprint density at radius 1 is 1.02 bits per heavy atom. The summed E-state index contributed by atoms with van der Waals surface area (Å²) >= 11 is 0. The van der Waals surface area contributed by atoms with E-state index in [0.29, 0.717) is 36.1 Å². The van der Waals surface area contributed by atoms with E-state index in [-0.39, 0.29) is 30.0 Å². The Morgan fingerprint density at radius 2 is 1.73 bits per heavy atom. The van der Waals surface area contributed by atoms with Crippen molar-refractivity contribution in [1.82, 2.24) is 5.32 Å². The summed E-state index contributed by atoms with van der Waals surface area (Å²) in [6.45, 7) is 7.58. The largest absolute Gasteiger partial charge is 0.481 e. The molecule has 228 valence electrons. The first kappa shape index (κ1) is 28.6. The molecule has 1 aliphatic heterocycles. The van der Waals surface area contributed by atoms with Crippen molar-refractivity contribution in [2.75, 3.05) is 6.54 Å². The lowest BCUT2D eigenvalue weighted by Gasteiger charge is -2.60. The smallest absolute Gasteiger partial charge is 0.315 e. The number of carboxylic acid groups (broad SMARTS) is 1. The van der Waals surface area contributed by atoms with Crippen molar-refractivity contribution in [3.8, 4) is 0 Å². The maximum absolute atomic E-state index is 14.0. The van der Waals surface area contributed by atoms with Gasteiger partial charge in [0.2, 0.25) is 0 Å². The molecule has 10 atom stereocenters. The number of fused-ring (bicyclic) bond motifs is 2. The van der Waals surface area contributed by atoms with Gasteiger partial charge in [-0.15, -0.1) is 0 Å². The van der Waals surface area contributed by atoms with Gasteiger partial charge in [-0.3, -0.25) is 4.79 Å². The van der Waals surface area contributed by atoms with Crippen LogP contribution >= 0.6 is 0 Å². The number of rotatable bonds is 8. The fraction of sp³-hybridized carbons (Fsp3) is 0.889. The summed E-state index contributed by atoms with van der Waals surface area (Å²) in [5, 5.41) is 15.5. The Bertz CT molecular complexity index is 1060. The highest BCUT2D eigenvalue weighted by molar-refractivity contribution is 5.90. The van der Waals surface area contributed by atoms with Gasteiger partial charge < -0.3 is 20.0 Å². The minimum Gasteiger partial charge on any atom is -0.481 e. The number of hydrogen-bond acceptors (Lipinski definition) is 4. The van der Waals surface area contributed by atoms with Crippen molar-refractivity contribution in [2.24, 2.45) is 57.7 Å². The van der Waals surface area contributed by atoms with Crippen molar-refractivity contribution in [2.45, 2.75) is 135 Å². The molecule has 0 aromatic heterocycles. The van der Waals surface area contributed by atoms with Crippen LogP contribution in [0, 0.1) is 57.7 Å². The van der Waals surface area contributed by atoms with Crippen molar-refractivity contribution in [1.29, 1.82) is 0 Å². The maximum atomic E-state index is 14.0. The van der Waals surface area contributed by atoms with E-state index in [0.717, 1.165) is 37.8 Å². The van der Waals surface area contributed by atoms with Crippen LogP contribution in [0.25, 0.3) is 0 Å². The molecule has 6 aliphatic carbocycles. The molecule has 0 radical (unpaired) electrons. The summed E-state index contributed by atoms with van der Waals surface area (Å²) < 4.78 is 7.36. The lowest BCUT2D eigenvalue weighted by atomic mass is 9.41. The molecule has 0 spiro atoms. The normalized spacial score (nSPS) is 48.0. The molecule has 2 N–H and O–H groups in total. The molecular weight excluding hydrogens is 510 g/mol.